The second-order valence-corrected chi connectivity index (χ2v) is 6.74. The molecule has 0 atom stereocenters. The highest BCUT2D eigenvalue weighted by atomic mass is 19.3. The molecule has 0 radical (unpaired) electrons. The van der Waals surface area contributed by atoms with Gasteiger partial charge in [0, 0.05) is 25.7 Å². The Labute approximate surface area is 159 Å². The zero-order chi connectivity index (χ0) is 19.6. The number of ether oxygens (including phenoxy) is 2. The van der Waals surface area contributed by atoms with Crippen molar-refractivity contribution in [1.29, 1.82) is 0 Å². The third-order valence-electron chi connectivity index (χ3n) is 4.84. The number of halogens is 2. The third kappa shape index (κ3) is 7.21. The molecule has 0 aromatic heterocycles. The molecule has 1 aromatic carbocycles. The Kier molecular flexibility index (Phi) is 8.57. The van der Waals surface area contributed by atoms with Crippen molar-refractivity contribution in [2.45, 2.75) is 32.4 Å². The number of aliphatic imine (C=N–C) groups is 1. The van der Waals surface area contributed by atoms with E-state index in [0.29, 0.717) is 23.8 Å². The van der Waals surface area contributed by atoms with Crippen molar-refractivity contribution in [3.63, 3.8) is 0 Å². The van der Waals surface area contributed by atoms with Crippen molar-refractivity contribution in [3.05, 3.63) is 23.8 Å². The summed E-state index contributed by atoms with van der Waals surface area (Å²) in [5.74, 6) is 2.07. The lowest BCUT2D eigenvalue weighted by Gasteiger charge is -2.29. The number of guanidine groups is 1. The molecule has 1 fully saturated rings. The molecule has 1 aromatic rings. The van der Waals surface area contributed by atoms with Gasteiger partial charge in [0.1, 0.15) is 11.5 Å². The molecule has 27 heavy (non-hydrogen) atoms. The number of piperidine rings is 1. The summed E-state index contributed by atoms with van der Waals surface area (Å²) in [6.07, 6.45) is 3.54. The van der Waals surface area contributed by atoms with Crippen molar-refractivity contribution in [1.82, 2.24) is 15.5 Å². The minimum Gasteiger partial charge on any atom is -0.497 e. The average Bonchev–Trinajstić information content (AvgIpc) is 2.66. The first-order valence-corrected chi connectivity index (χ1v) is 9.26. The number of methoxy groups -OCH3 is 1. The predicted molar refractivity (Wildman–Crippen MR) is 103 cm³/mol. The van der Waals surface area contributed by atoms with Gasteiger partial charge in [-0.2, -0.15) is 8.78 Å². The zero-order valence-electron chi connectivity index (χ0n) is 16.3. The maximum absolute atomic E-state index is 12.6. The SMILES string of the molecule is CN=C(NCCC1CCN(C)CC1)NCc1cc(OC)ccc1OC(F)F. The molecule has 1 aliphatic rings. The van der Waals surface area contributed by atoms with Crippen LogP contribution in [0.2, 0.25) is 0 Å². The molecule has 8 heteroatoms. The minimum atomic E-state index is -2.87. The van der Waals surface area contributed by atoms with Crippen LogP contribution in [0.3, 0.4) is 0 Å². The Morgan fingerprint density at radius 2 is 2.04 bits per heavy atom. The van der Waals surface area contributed by atoms with E-state index in [9.17, 15) is 8.78 Å². The van der Waals surface area contributed by atoms with E-state index in [-0.39, 0.29) is 5.75 Å². The average molecular weight is 384 g/mol. The fraction of sp³-hybridized carbons (Fsp3) is 0.632. The molecule has 1 saturated heterocycles. The highest BCUT2D eigenvalue weighted by molar-refractivity contribution is 5.79. The van der Waals surface area contributed by atoms with Crippen LogP contribution in [0.5, 0.6) is 11.5 Å². The van der Waals surface area contributed by atoms with E-state index >= 15 is 0 Å². The predicted octanol–water partition coefficient (Wildman–Crippen LogP) is 2.69. The highest BCUT2D eigenvalue weighted by Gasteiger charge is 2.16. The van der Waals surface area contributed by atoms with Crippen LogP contribution in [0.15, 0.2) is 23.2 Å². The number of likely N-dealkylation sites (tertiary alicyclic amines) is 1. The van der Waals surface area contributed by atoms with E-state index in [1.54, 1.807) is 19.2 Å². The maximum Gasteiger partial charge on any atom is 0.387 e. The van der Waals surface area contributed by atoms with Crippen LogP contribution < -0.4 is 20.1 Å². The van der Waals surface area contributed by atoms with E-state index in [4.69, 9.17) is 4.74 Å². The number of nitrogens with one attached hydrogen (secondary N) is 2. The monoisotopic (exact) mass is 384 g/mol. The zero-order valence-corrected chi connectivity index (χ0v) is 16.3. The summed E-state index contributed by atoms with van der Waals surface area (Å²) in [4.78, 5) is 6.56. The van der Waals surface area contributed by atoms with E-state index < -0.39 is 6.61 Å². The van der Waals surface area contributed by atoms with Gasteiger partial charge in [-0.25, -0.2) is 0 Å². The van der Waals surface area contributed by atoms with Gasteiger partial charge in [0.15, 0.2) is 5.96 Å². The normalized spacial score (nSPS) is 16.4. The smallest absolute Gasteiger partial charge is 0.387 e. The molecule has 1 heterocycles. The highest BCUT2D eigenvalue weighted by Crippen LogP contribution is 2.25. The molecule has 0 saturated carbocycles. The Balaban J connectivity index is 1.84. The summed E-state index contributed by atoms with van der Waals surface area (Å²) in [6, 6.07) is 4.75. The van der Waals surface area contributed by atoms with Gasteiger partial charge in [0.2, 0.25) is 0 Å². The summed E-state index contributed by atoms with van der Waals surface area (Å²) < 4.78 is 35.0. The van der Waals surface area contributed by atoms with Crippen LogP contribution in [0, 0.1) is 5.92 Å². The molecule has 2 N–H and O–H groups in total. The first-order chi connectivity index (χ1) is 13.0. The number of hydrogen-bond donors (Lipinski definition) is 2. The molecule has 0 amide bonds. The summed E-state index contributed by atoms with van der Waals surface area (Å²) in [6.45, 7) is 0.560. The number of benzene rings is 1. The number of hydrogen-bond acceptors (Lipinski definition) is 4. The lowest BCUT2D eigenvalue weighted by molar-refractivity contribution is -0.0504. The van der Waals surface area contributed by atoms with Crippen molar-refractivity contribution in [2.75, 3.05) is 40.8 Å². The number of nitrogens with zero attached hydrogens (tertiary/aromatic N) is 2. The van der Waals surface area contributed by atoms with Crippen LogP contribution >= 0.6 is 0 Å². The van der Waals surface area contributed by atoms with Crippen molar-refractivity contribution in [2.24, 2.45) is 10.9 Å². The van der Waals surface area contributed by atoms with E-state index in [2.05, 4.69) is 32.3 Å². The minimum absolute atomic E-state index is 0.125. The first-order valence-electron chi connectivity index (χ1n) is 9.26. The van der Waals surface area contributed by atoms with Gasteiger partial charge < -0.3 is 25.0 Å². The molecule has 0 aliphatic carbocycles. The van der Waals surface area contributed by atoms with Crippen molar-refractivity contribution in [3.8, 4) is 11.5 Å². The molecule has 1 aliphatic heterocycles. The lowest BCUT2D eigenvalue weighted by atomic mass is 9.94. The van der Waals surface area contributed by atoms with E-state index in [1.807, 2.05) is 0 Å². The van der Waals surface area contributed by atoms with Crippen LogP contribution in [-0.2, 0) is 6.54 Å². The molecule has 0 spiro atoms. The van der Waals surface area contributed by atoms with Gasteiger partial charge in [0.25, 0.3) is 0 Å². The molecule has 0 bridgehead atoms. The summed E-state index contributed by atoms with van der Waals surface area (Å²) in [5, 5.41) is 6.44. The molecule has 6 nitrogen and oxygen atoms in total. The van der Waals surface area contributed by atoms with Crippen LogP contribution in [0.25, 0.3) is 0 Å². The van der Waals surface area contributed by atoms with Gasteiger partial charge >= 0.3 is 6.61 Å². The molecule has 152 valence electrons. The lowest BCUT2D eigenvalue weighted by Crippen LogP contribution is -2.38. The summed E-state index contributed by atoms with van der Waals surface area (Å²) >= 11 is 0. The second-order valence-electron chi connectivity index (χ2n) is 6.74. The number of alkyl halides is 2. The van der Waals surface area contributed by atoms with Crippen LogP contribution in [0.1, 0.15) is 24.8 Å². The molecule has 0 unspecified atom stereocenters. The molecule has 2 rings (SSSR count). The quantitative estimate of drug-likeness (QED) is 0.533. The van der Waals surface area contributed by atoms with Crippen molar-refractivity contribution < 1.29 is 18.3 Å². The molecular formula is C19H30F2N4O2. The fourth-order valence-corrected chi connectivity index (χ4v) is 3.18. The van der Waals surface area contributed by atoms with Gasteiger partial charge in [-0.05, 0) is 63.5 Å². The van der Waals surface area contributed by atoms with Gasteiger partial charge in [-0.1, -0.05) is 0 Å². The Morgan fingerprint density at radius 3 is 2.67 bits per heavy atom. The number of rotatable bonds is 8. The van der Waals surface area contributed by atoms with Gasteiger partial charge in [0.05, 0.1) is 7.11 Å². The van der Waals surface area contributed by atoms with E-state index in [0.717, 1.165) is 32.0 Å². The standard InChI is InChI=1S/C19H30F2N4O2/c1-22-19(23-9-6-14-7-10-25(2)11-8-14)24-13-15-12-16(26-3)4-5-17(15)27-18(20)21/h4-5,12,14,18H,6-11,13H2,1-3H3,(H2,22,23,24). The summed E-state index contributed by atoms with van der Waals surface area (Å²) in [5.41, 5.74) is 0.577. The van der Waals surface area contributed by atoms with Crippen LogP contribution in [-0.4, -0.2) is 58.3 Å². The topological polar surface area (TPSA) is 58.1 Å². The Morgan fingerprint density at radius 1 is 1.30 bits per heavy atom. The summed E-state index contributed by atoms with van der Waals surface area (Å²) in [7, 11) is 5.38. The fourth-order valence-electron chi connectivity index (χ4n) is 3.18. The first kappa shape index (κ1) is 21.2. The Hall–Kier alpha value is -2.09. The largest absolute Gasteiger partial charge is 0.497 e. The van der Waals surface area contributed by atoms with Crippen LogP contribution in [0.4, 0.5) is 8.78 Å². The second kappa shape index (κ2) is 10.9. The van der Waals surface area contributed by atoms with Gasteiger partial charge in [-0.3, -0.25) is 4.99 Å². The van der Waals surface area contributed by atoms with E-state index in [1.165, 1.54) is 26.0 Å². The molecular weight excluding hydrogens is 354 g/mol. The Bertz CT molecular complexity index is 605. The third-order valence-corrected chi connectivity index (χ3v) is 4.84. The van der Waals surface area contributed by atoms with Crippen molar-refractivity contribution >= 4 is 5.96 Å². The van der Waals surface area contributed by atoms with Gasteiger partial charge in [-0.15, -0.1) is 0 Å². The maximum atomic E-state index is 12.6.